The Morgan fingerprint density at radius 1 is 1.28 bits per heavy atom. The van der Waals surface area contributed by atoms with E-state index in [9.17, 15) is 9.90 Å². The van der Waals surface area contributed by atoms with Crippen LogP contribution in [0.4, 0.5) is 0 Å². The van der Waals surface area contributed by atoms with Gasteiger partial charge in [-0.2, -0.15) is 5.26 Å². The molecule has 2 aromatic rings. The summed E-state index contributed by atoms with van der Waals surface area (Å²) in [7, 11) is 0. The first-order chi connectivity index (χ1) is 12.0. The van der Waals surface area contributed by atoms with Crippen molar-refractivity contribution in [2.24, 2.45) is 0 Å². The predicted molar refractivity (Wildman–Crippen MR) is 98.6 cm³/mol. The van der Waals surface area contributed by atoms with E-state index in [0.29, 0.717) is 17.7 Å². The van der Waals surface area contributed by atoms with E-state index >= 15 is 0 Å². The van der Waals surface area contributed by atoms with Crippen LogP contribution >= 0.6 is 11.3 Å². The summed E-state index contributed by atoms with van der Waals surface area (Å²) in [5.41, 5.74) is 1.09. The normalized spacial score (nSPS) is 17.0. The van der Waals surface area contributed by atoms with Gasteiger partial charge in [0.05, 0.1) is 17.7 Å². The van der Waals surface area contributed by atoms with Crippen molar-refractivity contribution < 1.29 is 9.90 Å². The van der Waals surface area contributed by atoms with Crippen LogP contribution in [0.2, 0.25) is 0 Å². The number of hydrogen-bond acceptors (Lipinski definition) is 4. The summed E-state index contributed by atoms with van der Waals surface area (Å²) in [5, 5.41) is 21.7. The van der Waals surface area contributed by atoms with Gasteiger partial charge in [-0.15, -0.1) is 11.3 Å². The summed E-state index contributed by atoms with van der Waals surface area (Å²) in [5.74, 6) is -0.108. The molecule has 3 rings (SSSR count). The van der Waals surface area contributed by atoms with Crippen LogP contribution in [-0.4, -0.2) is 17.6 Å². The Labute approximate surface area is 152 Å². The van der Waals surface area contributed by atoms with E-state index in [1.807, 2.05) is 6.07 Å². The molecule has 0 bridgehead atoms. The lowest BCUT2D eigenvalue weighted by molar-refractivity contribution is 0.0943. The van der Waals surface area contributed by atoms with Crippen molar-refractivity contribution >= 4 is 17.2 Å². The molecule has 1 aromatic carbocycles. The molecule has 0 saturated heterocycles. The molecule has 1 heterocycles. The predicted octanol–water partition coefficient (Wildman–Crippen LogP) is 3.91. The number of carbonyl (C=O) groups is 1. The Kier molecular flexibility index (Phi) is 5.22. The molecule has 5 heteroatoms. The fraction of sp³-hybridized carbons (Fsp3) is 0.400. The molecule has 1 amide bonds. The monoisotopic (exact) mass is 354 g/mol. The summed E-state index contributed by atoms with van der Waals surface area (Å²) in [6.45, 7) is 2.38. The third-order valence-corrected chi connectivity index (χ3v) is 6.49. The minimum absolute atomic E-state index is 0.0277. The zero-order valence-electron chi connectivity index (χ0n) is 14.3. The molecule has 1 unspecified atom stereocenters. The Bertz CT molecular complexity index is 781. The summed E-state index contributed by atoms with van der Waals surface area (Å²) >= 11 is 1.65. The van der Waals surface area contributed by atoms with Gasteiger partial charge in [0.2, 0.25) is 0 Å². The van der Waals surface area contributed by atoms with Crippen molar-refractivity contribution in [3.63, 3.8) is 0 Å². The van der Waals surface area contributed by atoms with Gasteiger partial charge < -0.3 is 10.4 Å². The minimum Gasteiger partial charge on any atom is -0.388 e. The standard InChI is InChI=1S/C20H22N2O2S/c1-14(23)17-8-9-18(25-17)20(10-2-3-11-20)13-22-19(24)16-6-4-15(12-21)5-7-16/h4-9,14,23H,2-3,10-11,13H2,1H3,(H,22,24). The third-order valence-electron chi connectivity index (χ3n) is 4.99. The molecular weight excluding hydrogens is 332 g/mol. The van der Waals surface area contributed by atoms with E-state index in [4.69, 9.17) is 5.26 Å². The zero-order valence-corrected chi connectivity index (χ0v) is 15.1. The topological polar surface area (TPSA) is 73.1 Å². The highest BCUT2D eigenvalue weighted by molar-refractivity contribution is 7.12. The molecule has 4 nitrogen and oxygen atoms in total. The van der Waals surface area contributed by atoms with Gasteiger partial charge in [-0.25, -0.2) is 0 Å². The van der Waals surface area contributed by atoms with E-state index in [-0.39, 0.29) is 11.3 Å². The molecular formula is C20H22N2O2S. The molecule has 0 spiro atoms. The number of aliphatic hydroxyl groups is 1. The van der Waals surface area contributed by atoms with Crippen LogP contribution < -0.4 is 5.32 Å². The van der Waals surface area contributed by atoms with Crippen molar-refractivity contribution in [3.8, 4) is 6.07 Å². The largest absolute Gasteiger partial charge is 0.388 e. The number of hydrogen-bond donors (Lipinski definition) is 2. The number of aliphatic hydroxyl groups excluding tert-OH is 1. The number of benzene rings is 1. The van der Waals surface area contributed by atoms with Crippen molar-refractivity contribution in [2.75, 3.05) is 6.54 Å². The fourth-order valence-electron chi connectivity index (χ4n) is 3.47. The molecule has 0 radical (unpaired) electrons. The third kappa shape index (κ3) is 3.76. The number of nitriles is 1. The first-order valence-corrected chi connectivity index (χ1v) is 9.42. The lowest BCUT2D eigenvalue weighted by Crippen LogP contribution is -2.38. The van der Waals surface area contributed by atoms with E-state index in [1.54, 1.807) is 42.5 Å². The quantitative estimate of drug-likeness (QED) is 0.855. The molecule has 25 heavy (non-hydrogen) atoms. The van der Waals surface area contributed by atoms with Crippen LogP contribution in [0.1, 0.15) is 64.4 Å². The first kappa shape index (κ1) is 17.7. The van der Waals surface area contributed by atoms with Gasteiger partial charge >= 0.3 is 0 Å². The minimum atomic E-state index is -0.453. The molecule has 1 atom stereocenters. The molecule has 1 fully saturated rings. The summed E-state index contributed by atoms with van der Waals surface area (Å²) in [4.78, 5) is 14.7. The van der Waals surface area contributed by atoms with Crippen LogP contribution in [0.15, 0.2) is 36.4 Å². The SMILES string of the molecule is CC(O)c1ccc(C2(CNC(=O)c3ccc(C#N)cc3)CCCC2)s1. The molecule has 130 valence electrons. The van der Waals surface area contributed by atoms with E-state index in [1.165, 1.54) is 4.88 Å². The van der Waals surface area contributed by atoms with E-state index in [0.717, 1.165) is 30.6 Å². The fourth-order valence-corrected chi connectivity index (χ4v) is 4.66. The first-order valence-electron chi connectivity index (χ1n) is 8.61. The number of nitrogens with one attached hydrogen (secondary N) is 1. The number of carbonyl (C=O) groups excluding carboxylic acids is 1. The maximum absolute atomic E-state index is 12.5. The van der Waals surface area contributed by atoms with Gasteiger partial charge in [-0.3, -0.25) is 4.79 Å². The molecule has 2 N–H and O–H groups in total. The zero-order chi connectivity index (χ0) is 17.9. The van der Waals surface area contributed by atoms with Gasteiger partial charge in [0.15, 0.2) is 0 Å². The number of thiophene rings is 1. The van der Waals surface area contributed by atoms with E-state index < -0.39 is 6.10 Å². The average Bonchev–Trinajstić information content (AvgIpc) is 3.30. The Hall–Kier alpha value is -2.16. The second-order valence-electron chi connectivity index (χ2n) is 6.74. The van der Waals surface area contributed by atoms with E-state index in [2.05, 4.69) is 17.5 Å². The molecule has 1 aliphatic rings. The molecule has 0 aliphatic heterocycles. The summed E-state index contributed by atoms with van der Waals surface area (Å²) in [6.07, 6.45) is 3.98. The lowest BCUT2D eigenvalue weighted by atomic mass is 9.84. The van der Waals surface area contributed by atoms with Gasteiger partial charge in [-0.1, -0.05) is 12.8 Å². The Balaban J connectivity index is 1.73. The highest BCUT2D eigenvalue weighted by Gasteiger charge is 2.37. The van der Waals surface area contributed by atoms with Gasteiger partial charge in [0.25, 0.3) is 5.91 Å². The van der Waals surface area contributed by atoms with Crippen LogP contribution in [0.3, 0.4) is 0 Å². The Morgan fingerprint density at radius 3 is 2.52 bits per heavy atom. The Morgan fingerprint density at radius 2 is 1.96 bits per heavy atom. The second kappa shape index (κ2) is 7.38. The van der Waals surface area contributed by atoms with Gasteiger partial charge in [-0.05, 0) is 56.2 Å². The maximum Gasteiger partial charge on any atom is 0.251 e. The number of rotatable bonds is 5. The van der Waals surface area contributed by atoms with Crippen LogP contribution in [0.25, 0.3) is 0 Å². The lowest BCUT2D eigenvalue weighted by Gasteiger charge is -2.28. The smallest absolute Gasteiger partial charge is 0.251 e. The molecule has 1 aliphatic carbocycles. The van der Waals surface area contributed by atoms with Crippen LogP contribution in [0.5, 0.6) is 0 Å². The molecule has 1 saturated carbocycles. The molecule has 1 aromatic heterocycles. The number of nitrogens with zero attached hydrogens (tertiary/aromatic N) is 1. The second-order valence-corrected chi connectivity index (χ2v) is 7.85. The van der Waals surface area contributed by atoms with Gasteiger partial charge in [0.1, 0.15) is 0 Å². The summed E-state index contributed by atoms with van der Waals surface area (Å²) in [6, 6.07) is 12.8. The number of amides is 1. The van der Waals surface area contributed by atoms with Crippen LogP contribution in [0, 0.1) is 11.3 Å². The average molecular weight is 354 g/mol. The van der Waals surface area contributed by atoms with Crippen molar-refractivity contribution in [3.05, 3.63) is 57.3 Å². The van der Waals surface area contributed by atoms with Crippen molar-refractivity contribution in [1.29, 1.82) is 5.26 Å². The van der Waals surface area contributed by atoms with Crippen molar-refractivity contribution in [1.82, 2.24) is 5.32 Å². The van der Waals surface area contributed by atoms with Crippen LogP contribution in [-0.2, 0) is 5.41 Å². The maximum atomic E-state index is 12.5. The summed E-state index contributed by atoms with van der Waals surface area (Å²) < 4.78 is 0. The van der Waals surface area contributed by atoms with Crippen molar-refractivity contribution in [2.45, 2.75) is 44.1 Å². The van der Waals surface area contributed by atoms with Gasteiger partial charge in [0, 0.05) is 27.3 Å². The highest BCUT2D eigenvalue weighted by atomic mass is 32.1. The highest BCUT2D eigenvalue weighted by Crippen LogP contribution is 2.44.